The Bertz CT molecular complexity index is 1170. The summed E-state index contributed by atoms with van der Waals surface area (Å²) in [5.74, 6) is -0.441. The molecule has 2 atom stereocenters. The molecule has 1 aromatic heterocycles. The number of aromatic nitrogens is 1. The van der Waals surface area contributed by atoms with Crippen molar-refractivity contribution >= 4 is 33.3 Å². The molecule has 2 aromatic rings. The molecule has 0 bridgehead atoms. The molecule has 33 heavy (non-hydrogen) atoms. The van der Waals surface area contributed by atoms with Gasteiger partial charge in [-0.15, -0.1) is 0 Å². The van der Waals surface area contributed by atoms with Crippen molar-refractivity contribution in [3.05, 3.63) is 46.2 Å². The predicted molar refractivity (Wildman–Crippen MR) is 126 cm³/mol. The average Bonchev–Trinajstić information content (AvgIpc) is 3.26. The highest BCUT2D eigenvalue weighted by molar-refractivity contribution is 7.91. The monoisotopic (exact) mass is 496 g/mol. The molecule has 10 heteroatoms. The Morgan fingerprint density at radius 1 is 1.27 bits per heavy atom. The van der Waals surface area contributed by atoms with Crippen LogP contribution in [-0.2, 0) is 19.4 Å². The summed E-state index contributed by atoms with van der Waals surface area (Å²) in [6.45, 7) is 7.25. The highest BCUT2D eigenvalue weighted by atomic mass is 35.5. The van der Waals surface area contributed by atoms with Crippen molar-refractivity contribution in [3.8, 4) is 11.4 Å². The molecule has 1 fully saturated rings. The van der Waals surface area contributed by atoms with E-state index in [-0.39, 0.29) is 11.5 Å². The second-order valence-electron chi connectivity index (χ2n) is 8.17. The number of nitrogens with zero attached hydrogens (tertiary/aromatic N) is 2. The van der Waals surface area contributed by atoms with Crippen LogP contribution in [-0.4, -0.2) is 67.1 Å². The van der Waals surface area contributed by atoms with E-state index in [1.54, 1.807) is 45.2 Å². The van der Waals surface area contributed by atoms with E-state index in [0.717, 1.165) is 5.69 Å². The lowest BCUT2D eigenvalue weighted by Crippen LogP contribution is -2.46. The lowest BCUT2D eigenvalue weighted by atomic mass is 10.2. The first kappa shape index (κ1) is 25.1. The van der Waals surface area contributed by atoms with Crippen LogP contribution < -0.4 is 4.74 Å². The first-order valence-corrected chi connectivity index (χ1v) is 12.9. The number of aryl methyl sites for hydroxylation is 1. The SMILES string of the molecule is CCN(C(=O)[C@H](C)OC(=O)c1cc(C)n(-c2cc(Cl)ccc2OC)c1C)[C@H]1CCS(=O)(=O)C1. The van der Waals surface area contributed by atoms with Gasteiger partial charge < -0.3 is 18.9 Å². The highest BCUT2D eigenvalue weighted by Crippen LogP contribution is 2.31. The topological polar surface area (TPSA) is 94.9 Å². The first-order valence-electron chi connectivity index (χ1n) is 10.7. The van der Waals surface area contributed by atoms with Crippen LogP contribution in [0.25, 0.3) is 5.69 Å². The lowest BCUT2D eigenvalue weighted by molar-refractivity contribution is -0.141. The Labute approximate surface area is 199 Å². The van der Waals surface area contributed by atoms with Crippen molar-refractivity contribution in [3.63, 3.8) is 0 Å². The Hall–Kier alpha value is -2.52. The molecule has 1 saturated heterocycles. The molecule has 0 unspecified atom stereocenters. The molecule has 3 rings (SSSR count). The molecule has 0 spiro atoms. The molecule has 1 aromatic carbocycles. The quantitative estimate of drug-likeness (QED) is 0.545. The van der Waals surface area contributed by atoms with Gasteiger partial charge in [-0.1, -0.05) is 11.6 Å². The molecule has 1 aliphatic heterocycles. The third-order valence-electron chi connectivity index (χ3n) is 5.94. The van der Waals surface area contributed by atoms with Gasteiger partial charge in [0.05, 0.1) is 29.9 Å². The summed E-state index contributed by atoms with van der Waals surface area (Å²) in [5, 5.41) is 0.523. The van der Waals surface area contributed by atoms with Crippen LogP contribution in [0.4, 0.5) is 0 Å². The molecule has 1 amide bonds. The minimum atomic E-state index is -3.14. The number of esters is 1. The summed E-state index contributed by atoms with van der Waals surface area (Å²) >= 11 is 6.18. The number of likely N-dealkylation sites (N-methyl/N-ethyl adjacent to an activating group) is 1. The van der Waals surface area contributed by atoms with E-state index < -0.39 is 33.9 Å². The Kier molecular flexibility index (Phi) is 7.43. The van der Waals surface area contributed by atoms with Gasteiger partial charge in [-0.05, 0) is 58.4 Å². The number of carbonyl (C=O) groups excluding carboxylic acids is 2. The molecular weight excluding hydrogens is 468 g/mol. The molecule has 2 heterocycles. The third-order valence-corrected chi connectivity index (χ3v) is 7.92. The Morgan fingerprint density at radius 2 is 1.97 bits per heavy atom. The standard InChI is InChI=1S/C23H29ClN2O6S/c1-6-25(18-9-10-33(29,30)13-18)22(27)16(4)32-23(28)19-11-14(2)26(15(19)3)20-12-17(24)7-8-21(20)31-5/h7-8,11-12,16,18H,6,9-10,13H2,1-5H3/t16-,18-/m0/s1. The largest absolute Gasteiger partial charge is 0.495 e. The molecular formula is C23H29ClN2O6S. The van der Waals surface area contributed by atoms with Crippen molar-refractivity contribution < 1.29 is 27.5 Å². The zero-order valence-corrected chi connectivity index (χ0v) is 21.0. The number of carbonyl (C=O) groups is 2. The minimum absolute atomic E-state index is 0.0597. The van der Waals surface area contributed by atoms with Gasteiger partial charge in [0.25, 0.3) is 5.91 Å². The fourth-order valence-electron chi connectivity index (χ4n) is 4.30. The van der Waals surface area contributed by atoms with Gasteiger partial charge in [0, 0.05) is 29.0 Å². The highest BCUT2D eigenvalue weighted by Gasteiger charge is 2.36. The van der Waals surface area contributed by atoms with Crippen LogP contribution in [0.3, 0.4) is 0 Å². The number of benzene rings is 1. The number of hydrogen-bond acceptors (Lipinski definition) is 6. The zero-order chi connectivity index (χ0) is 24.5. The number of amides is 1. The van der Waals surface area contributed by atoms with E-state index in [4.69, 9.17) is 21.1 Å². The first-order chi connectivity index (χ1) is 15.5. The number of sulfone groups is 1. The van der Waals surface area contributed by atoms with Gasteiger partial charge in [-0.25, -0.2) is 13.2 Å². The van der Waals surface area contributed by atoms with E-state index in [1.807, 2.05) is 11.5 Å². The van der Waals surface area contributed by atoms with Crippen LogP contribution in [0.15, 0.2) is 24.3 Å². The summed E-state index contributed by atoms with van der Waals surface area (Å²) in [6.07, 6.45) is -0.657. The smallest absolute Gasteiger partial charge is 0.340 e. The summed E-state index contributed by atoms with van der Waals surface area (Å²) in [5.41, 5.74) is 2.39. The van der Waals surface area contributed by atoms with E-state index >= 15 is 0 Å². The maximum atomic E-state index is 13.0. The van der Waals surface area contributed by atoms with Gasteiger partial charge in [0.1, 0.15) is 5.75 Å². The maximum absolute atomic E-state index is 13.0. The minimum Gasteiger partial charge on any atom is -0.495 e. The average molecular weight is 497 g/mol. The predicted octanol–water partition coefficient (Wildman–Crippen LogP) is 3.34. The van der Waals surface area contributed by atoms with Gasteiger partial charge >= 0.3 is 5.97 Å². The van der Waals surface area contributed by atoms with Crippen molar-refractivity contribution in [2.24, 2.45) is 0 Å². The second kappa shape index (κ2) is 9.77. The second-order valence-corrected chi connectivity index (χ2v) is 10.8. The van der Waals surface area contributed by atoms with E-state index in [2.05, 4.69) is 0 Å². The fraction of sp³-hybridized carbons (Fsp3) is 0.478. The summed E-state index contributed by atoms with van der Waals surface area (Å²) < 4.78 is 36.5. The number of hydrogen-bond donors (Lipinski definition) is 0. The fourth-order valence-corrected chi connectivity index (χ4v) is 6.20. The van der Waals surface area contributed by atoms with Crippen molar-refractivity contribution in [1.82, 2.24) is 9.47 Å². The number of rotatable bonds is 7. The van der Waals surface area contributed by atoms with Gasteiger partial charge in [-0.2, -0.15) is 0 Å². The van der Waals surface area contributed by atoms with E-state index in [0.29, 0.717) is 40.7 Å². The molecule has 0 aliphatic carbocycles. The maximum Gasteiger partial charge on any atom is 0.340 e. The third kappa shape index (κ3) is 5.19. The normalized spacial score (nSPS) is 18.1. The summed E-state index contributed by atoms with van der Waals surface area (Å²) in [7, 11) is -1.59. The van der Waals surface area contributed by atoms with Crippen LogP contribution in [0.5, 0.6) is 5.75 Å². The van der Waals surface area contributed by atoms with E-state index in [1.165, 1.54) is 11.8 Å². The molecule has 0 radical (unpaired) electrons. The van der Waals surface area contributed by atoms with Crippen molar-refractivity contribution in [2.75, 3.05) is 25.2 Å². The van der Waals surface area contributed by atoms with Crippen LogP contribution in [0, 0.1) is 13.8 Å². The molecule has 0 saturated carbocycles. The van der Waals surface area contributed by atoms with Crippen LogP contribution in [0.2, 0.25) is 5.02 Å². The lowest BCUT2D eigenvalue weighted by Gasteiger charge is -2.29. The van der Waals surface area contributed by atoms with Gasteiger partial charge in [-0.3, -0.25) is 4.79 Å². The zero-order valence-electron chi connectivity index (χ0n) is 19.4. The Morgan fingerprint density at radius 3 is 2.55 bits per heavy atom. The summed E-state index contributed by atoms with van der Waals surface area (Å²) in [6, 6.07) is 6.51. The van der Waals surface area contributed by atoms with E-state index in [9.17, 15) is 18.0 Å². The molecule has 1 aliphatic rings. The summed E-state index contributed by atoms with van der Waals surface area (Å²) in [4.78, 5) is 27.4. The van der Waals surface area contributed by atoms with Gasteiger partial charge in [0.15, 0.2) is 15.9 Å². The number of halogens is 1. The Balaban J connectivity index is 1.82. The van der Waals surface area contributed by atoms with Crippen molar-refractivity contribution in [1.29, 1.82) is 0 Å². The van der Waals surface area contributed by atoms with Crippen LogP contribution >= 0.6 is 11.6 Å². The number of methoxy groups -OCH3 is 1. The molecule has 180 valence electrons. The number of ether oxygens (including phenoxy) is 2. The van der Waals surface area contributed by atoms with Gasteiger partial charge in [0.2, 0.25) is 0 Å². The van der Waals surface area contributed by atoms with Crippen molar-refractivity contribution in [2.45, 2.75) is 46.3 Å². The van der Waals surface area contributed by atoms with Crippen LogP contribution in [0.1, 0.15) is 42.0 Å². The molecule has 0 N–H and O–H groups in total. The molecule has 8 nitrogen and oxygen atoms in total.